The second kappa shape index (κ2) is 7.51. The number of carbonyl (C=O) groups excluding carboxylic acids is 1. The molecule has 0 spiro atoms. The van der Waals surface area contributed by atoms with Crippen molar-refractivity contribution in [1.82, 2.24) is 0 Å². The Balaban J connectivity index is 2.37. The molecule has 104 valence electrons. The summed E-state index contributed by atoms with van der Waals surface area (Å²) in [5.74, 6) is -0.451. The van der Waals surface area contributed by atoms with Crippen LogP contribution in [-0.2, 0) is 9.53 Å². The highest BCUT2D eigenvalue weighted by Crippen LogP contribution is 2.30. The van der Waals surface area contributed by atoms with Crippen LogP contribution in [-0.4, -0.2) is 47.2 Å². The summed E-state index contributed by atoms with van der Waals surface area (Å²) >= 11 is 0. The summed E-state index contributed by atoms with van der Waals surface area (Å²) in [6.45, 7) is 3.05. The molecule has 1 rings (SSSR count). The fourth-order valence-electron chi connectivity index (χ4n) is 2.26. The van der Waals surface area contributed by atoms with Gasteiger partial charge in [0.2, 0.25) is 0 Å². The first-order valence-electron chi connectivity index (χ1n) is 6.33. The number of ether oxygens (including phenoxy) is 1. The molecule has 5 heteroatoms. The summed E-state index contributed by atoms with van der Waals surface area (Å²) < 4.78 is 5.01. The molecule has 1 aliphatic rings. The van der Waals surface area contributed by atoms with Gasteiger partial charge in [-0.25, -0.2) is 4.79 Å². The lowest BCUT2D eigenvalue weighted by atomic mass is 9.79. The van der Waals surface area contributed by atoms with Crippen molar-refractivity contribution in [2.75, 3.05) is 19.8 Å². The van der Waals surface area contributed by atoms with Gasteiger partial charge in [-0.3, -0.25) is 0 Å². The molecule has 1 aliphatic carbocycles. The van der Waals surface area contributed by atoms with Crippen molar-refractivity contribution in [3.63, 3.8) is 0 Å². The first-order chi connectivity index (χ1) is 8.58. The zero-order valence-electron chi connectivity index (χ0n) is 10.5. The highest BCUT2D eigenvalue weighted by molar-refractivity contribution is 5.87. The van der Waals surface area contributed by atoms with Gasteiger partial charge in [0, 0.05) is 12.5 Å². The SMILES string of the molecule is C=C(CO)C(=O)OCC(CO)C1CCC(O)CC1. The maximum Gasteiger partial charge on any atom is 0.335 e. The van der Waals surface area contributed by atoms with Gasteiger partial charge >= 0.3 is 5.97 Å². The standard InChI is InChI=1S/C13H22O5/c1-9(6-14)13(17)18-8-11(7-15)10-2-4-12(16)5-3-10/h10-12,14-16H,1-8H2. The van der Waals surface area contributed by atoms with Crippen molar-refractivity contribution in [3.05, 3.63) is 12.2 Å². The Labute approximate surface area is 107 Å². The second-order valence-electron chi connectivity index (χ2n) is 4.87. The number of aliphatic hydroxyl groups excluding tert-OH is 3. The monoisotopic (exact) mass is 258 g/mol. The van der Waals surface area contributed by atoms with Crippen molar-refractivity contribution in [2.24, 2.45) is 11.8 Å². The van der Waals surface area contributed by atoms with Crippen LogP contribution in [0.5, 0.6) is 0 Å². The van der Waals surface area contributed by atoms with Crippen molar-refractivity contribution >= 4 is 5.97 Å². The lowest BCUT2D eigenvalue weighted by molar-refractivity contribution is -0.142. The minimum absolute atomic E-state index is 0.0192. The van der Waals surface area contributed by atoms with E-state index in [4.69, 9.17) is 9.84 Å². The number of rotatable bonds is 6. The molecule has 1 fully saturated rings. The number of esters is 1. The Morgan fingerprint density at radius 2 is 1.89 bits per heavy atom. The van der Waals surface area contributed by atoms with E-state index in [-0.39, 0.29) is 36.7 Å². The molecule has 5 nitrogen and oxygen atoms in total. The van der Waals surface area contributed by atoms with E-state index in [1.807, 2.05) is 0 Å². The van der Waals surface area contributed by atoms with Crippen molar-refractivity contribution in [2.45, 2.75) is 31.8 Å². The molecule has 0 radical (unpaired) electrons. The number of carbonyl (C=O) groups is 1. The molecule has 18 heavy (non-hydrogen) atoms. The predicted molar refractivity (Wildman–Crippen MR) is 65.7 cm³/mol. The van der Waals surface area contributed by atoms with Crippen molar-refractivity contribution < 1.29 is 24.9 Å². The zero-order chi connectivity index (χ0) is 13.5. The van der Waals surface area contributed by atoms with Gasteiger partial charge < -0.3 is 20.1 Å². The fraction of sp³-hybridized carbons (Fsp3) is 0.769. The normalized spacial score (nSPS) is 25.5. The van der Waals surface area contributed by atoms with Crippen LogP contribution in [0.4, 0.5) is 0 Å². The molecule has 0 amide bonds. The predicted octanol–water partition coefficient (Wildman–Crippen LogP) is 0.238. The topological polar surface area (TPSA) is 87.0 Å². The number of aliphatic hydroxyl groups is 3. The van der Waals surface area contributed by atoms with Gasteiger partial charge in [-0.2, -0.15) is 0 Å². The van der Waals surface area contributed by atoms with E-state index in [9.17, 15) is 15.0 Å². The third-order valence-electron chi connectivity index (χ3n) is 3.55. The zero-order valence-corrected chi connectivity index (χ0v) is 10.5. The van der Waals surface area contributed by atoms with Gasteiger partial charge in [-0.1, -0.05) is 6.58 Å². The van der Waals surface area contributed by atoms with Gasteiger partial charge in [0.15, 0.2) is 0 Å². The Kier molecular flexibility index (Phi) is 6.32. The molecule has 1 atom stereocenters. The van der Waals surface area contributed by atoms with E-state index in [0.29, 0.717) is 0 Å². The van der Waals surface area contributed by atoms with E-state index in [1.165, 1.54) is 0 Å². The summed E-state index contributed by atoms with van der Waals surface area (Å²) in [6, 6.07) is 0. The molecule has 0 aromatic rings. The van der Waals surface area contributed by atoms with Gasteiger partial charge in [0.05, 0.1) is 24.9 Å². The van der Waals surface area contributed by atoms with Crippen LogP contribution in [0, 0.1) is 11.8 Å². The van der Waals surface area contributed by atoms with Crippen LogP contribution in [0.25, 0.3) is 0 Å². The lowest BCUT2D eigenvalue weighted by Crippen LogP contribution is -2.30. The maximum atomic E-state index is 11.3. The summed E-state index contributed by atoms with van der Waals surface area (Å²) in [7, 11) is 0. The third kappa shape index (κ3) is 4.40. The molecule has 0 heterocycles. The summed E-state index contributed by atoms with van der Waals surface area (Å²) in [6.07, 6.45) is 2.91. The van der Waals surface area contributed by atoms with Gasteiger partial charge in [-0.15, -0.1) is 0 Å². The third-order valence-corrected chi connectivity index (χ3v) is 3.55. The highest BCUT2D eigenvalue weighted by Gasteiger charge is 2.27. The summed E-state index contributed by atoms with van der Waals surface area (Å²) in [5, 5.41) is 27.5. The largest absolute Gasteiger partial charge is 0.462 e. The second-order valence-corrected chi connectivity index (χ2v) is 4.87. The smallest absolute Gasteiger partial charge is 0.335 e. The van der Waals surface area contributed by atoms with Gasteiger partial charge in [0.25, 0.3) is 0 Å². The summed E-state index contributed by atoms with van der Waals surface area (Å²) in [5.41, 5.74) is 0.0192. The van der Waals surface area contributed by atoms with Crippen molar-refractivity contribution in [3.8, 4) is 0 Å². The fourth-order valence-corrected chi connectivity index (χ4v) is 2.26. The van der Waals surface area contributed by atoms with Crippen molar-refractivity contribution in [1.29, 1.82) is 0 Å². The number of hydrogen-bond acceptors (Lipinski definition) is 5. The van der Waals surface area contributed by atoms with Crippen LogP contribution in [0.15, 0.2) is 12.2 Å². The Hall–Kier alpha value is -0.910. The molecule has 0 aliphatic heterocycles. The van der Waals surface area contributed by atoms with E-state index in [2.05, 4.69) is 6.58 Å². The molecule has 3 N–H and O–H groups in total. The maximum absolute atomic E-state index is 11.3. The highest BCUT2D eigenvalue weighted by atomic mass is 16.5. The average molecular weight is 258 g/mol. The van der Waals surface area contributed by atoms with Crippen LogP contribution in [0.1, 0.15) is 25.7 Å². The quantitative estimate of drug-likeness (QED) is 0.469. The molecule has 0 aromatic carbocycles. The van der Waals surface area contributed by atoms with Crippen LogP contribution < -0.4 is 0 Å². The van der Waals surface area contributed by atoms with E-state index >= 15 is 0 Å². The molecule has 0 bridgehead atoms. The molecular weight excluding hydrogens is 236 g/mol. The Bertz CT molecular complexity index is 281. The number of hydrogen-bond donors (Lipinski definition) is 3. The molecule has 1 saturated carbocycles. The molecular formula is C13H22O5. The average Bonchev–Trinajstić information content (AvgIpc) is 2.40. The van der Waals surface area contributed by atoms with Crippen LogP contribution >= 0.6 is 0 Å². The van der Waals surface area contributed by atoms with Crippen LogP contribution in [0.2, 0.25) is 0 Å². The molecule has 1 unspecified atom stereocenters. The molecule has 0 aromatic heterocycles. The van der Waals surface area contributed by atoms with Gasteiger partial charge in [0.1, 0.15) is 0 Å². The van der Waals surface area contributed by atoms with E-state index in [1.54, 1.807) is 0 Å². The summed E-state index contributed by atoms with van der Waals surface area (Å²) in [4.78, 5) is 11.3. The first kappa shape index (κ1) is 15.1. The minimum Gasteiger partial charge on any atom is -0.462 e. The van der Waals surface area contributed by atoms with E-state index in [0.717, 1.165) is 25.7 Å². The minimum atomic E-state index is -0.619. The van der Waals surface area contributed by atoms with E-state index < -0.39 is 12.6 Å². The Morgan fingerprint density at radius 1 is 1.28 bits per heavy atom. The molecule has 0 saturated heterocycles. The Morgan fingerprint density at radius 3 is 2.39 bits per heavy atom. The van der Waals surface area contributed by atoms with Crippen LogP contribution in [0.3, 0.4) is 0 Å². The lowest BCUT2D eigenvalue weighted by Gasteiger charge is -2.30. The first-order valence-corrected chi connectivity index (χ1v) is 6.33. The van der Waals surface area contributed by atoms with Gasteiger partial charge in [-0.05, 0) is 31.6 Å².